The van der Waals surface area contributed by atoms with Crippen molar-refractivity contribution in [1.82, 2.24) is 9.78 Å². The summed E-state index contributed by atoms with van der Waals surface area (Å²) in [6, 6.07) is 8.91. The molecule has 1 aromatic carbocycles. The minimum absolute atomic E-state index is 0.0186. The van der Waals surface area contributed by atoms with Crippen LogP contribution in [0.1, 0.15) is 16.8 Å². The maximum atomic E-state index is 11.9. The van der Waals surface area contributed by atoms with E-state index >= 15 is 0 Å². The monoisotopic (exact) mass is 323 g/mol. The molecule has 0 aliphatic heterocycles. The molecular weight excluding hydrogens is 314 g/mol. The Balaban J connectivity index is 2.01. The van der Waals surface area contributed by atoms with Gasteiger partial charge < -0.3 is 10.1 Å². The van der Waals surface area contributed by atoms with Crippen molar-refractivity contribution in [3.8, 4) is 0 Å². The summed E-state index contributed by atoms with van der Waals surface area (Å²) in [5.74, 6) is -0.262. The van der Waals surface area contributed by atoms with Crippen LogP contribution >= 0.6 is 15.9 Å². The van der Waals surface area contributed by atoms with Crippen molar-refractivity contribution >= 4 is 27.5 Å². The normalized spacial score (nSPS) is 10.4. The Morgan fingerprint density at radius 2 is 2.05 bits per heavy atom. The summed E-state index contributed by atoms with van der Waals surface area (Å²) >= 11 is 3.06. The third-order valence-electron chi connectivity index (χ3n) is 2.54. The molecule has 19 heavy (non-hydrogen) atoms. The predicted octanol–water partition coefficient (Wildman–Crippen LogP) is 2.83. The molecule has 98 valence electrons. The summed E-state index contributed by atoms with van der Waals surface area (Å²) in [6.07, 6.45) is 1.74. The van der Waals surface area contributed by atoms with Gasteiger partial charge in [-0.25, -0.2) is 0 Å². The first-order valence-electron chi connectivity index (χ1n) is 5.53. The fourth-order valence-electron chi connectivity index (χ4n) is 1.61. The van der Waals surface area contributed by atoms with Gasteiger partial charge in [-0.3, -0.25) is 4.79 Å². The third-order valence-corrected chi connectivity index (χ3v) is 3.10. The number of hydrogen-bond donors (Lipinski definition) is 0. The first-order chi connectivity index (χ1) is 9.08. The second kappa shape index (κ2) is 5.75. The molecule has 2 aromatic rings. The van der Waals surface area contributed by atoms with E-state index in [9.17, 15) is 14.9 Å². The number of aromatic nitrogens is 2. The molecule has 0 aliphatic carbocycles. The Labute approximate surface area is 117 Å². The minimum atomic E-state index is -0.570. The summed E-state index contributed by atoms with van der Waals surface area (Å²) in [4.78, 5) is 21.9. The van der Waals surface area contributed by atoms with Gasteiger partial charge in [-0.05, 0) is 20.9 Å². The highest BCUT2D eigenvalue weighted by Crippen LogP contribution is 2.22. The molecule has 1 aromatic heterocycles. The van der Waals surface area contributed by atoms with E-state index in [0.717, 1.165) is 0 Å². The van der Waals surface area contributed by atoms with E-state index in [4.69, 9.17) is 0 Å². The van der Waals surface area contributed by atoms with E-state index in [1.54, 1.807) is 24.3 Å². The molecule has 0 amide bonds. The van der Waals surface area contributed by atoms with Crippen LogP contribution in [0.5, 0.6) is 0 Å². The molecule has 6 nitrogen and oxygen atoms in total. The van der Waals surface area contributed by atoms with Crippen LogP contribution < -0.4 is 0 Å². The van der Waals surface area contributed by atoms with Gasteiger partial charge in [0.2, 0.25) is 0 Å². The van der Waals surface area contributed by atoms with Crippen LogP contribution in [0.3, 0.4) is 0 Å². The van der Waals surface area contributed by atoms with E-state index in [-0.39, 0.29) is 18.0 Å². The molecule has 0 aliphatic rings. The van der Waals surface area contributed by atoms with Gasteiger partial charge >= 0.3 is 5.82 Å². The molecule has 0 spiro atoms. The van der Waals surface area contributed by atoms with Crippen molar-refractivity contribution in [3.63, 3.8) is 0 Å². The number of Topliss-reactive ketones (excluding diaryl/α,β-unsaturated/α-hetero) is 1. The number of halogens is 1. The number of nitro groups is 1. The van der Waals surface area contributed by atoms with Crippen LogP contribution in [0.4, 0.5) is 5.82 Å². The van der Waals surface area contributed by atoms with Gasteiger partial charge in [-0.2, -0.15) is 4.68 Å². The second-order valence-corrected chi connectivity index (χ2v) is 4.71. The highest BCUT2D eigenvalue weighted by atomic mass is 79.9. The number of ketones is 1. The molecule has 0 saturated heterocycles. The van der Waals surface area contributed by atoms with E-state index in [1.165, 1.54) is 10.9 Å². The second-order valence-electron chi connectivity index (χ2n) is 3.86. The van der Waals surface area contributed by atoms with Crippen molar-refractivity contribution in [2.75, 3.05) is 0 Å². The average molecular weight is 324 g/mol. The molecule has 1 heterocycles. The summed E-state index contributed by atoms with van der Waals surface area (Å²) < 4.78 is 1.70. The van der Waals surface area contributed by atoms with Gasteiger partial charge in [-0.1, -0.05) is 30.3 Å². The number of aryl methyl sites for hydroxylation is 1. The number of carbonyl (C=O) groups excluding carboxylic acids is 1. The largest absolute Gasteiger partial charge is 0.404 e. The van der Waals surface area contributed by atoms with Crippen LogP contribution in [-0.2, 0) is 6.54 Å². The zero-order valence-corrected chi connectivity index (χ0v) is 11.4. The Kier molecular flexibility index (Phi) is 4.06. The van der Waals surface area contributed by atoms with Gasteiger partial charge in [0, 0.05) is 12.0 Å². The Morgan fingerprint density at radius 1 is 1.37 bits per heavy atom. The molecule has 0 radical (unpaired) electrons. The van der Waals surface area contributed by atoms with Crippen LogP contribution in [-0.4, -0.2) is 20.5 Å². The fraction of sp³-hybridized carbons (Fsp3) is 0.167. The summed E-state index contributed by atoms with van der Waals surface area (Å²) in [7, 11) is 0. The molecule has 0 bridgehead atoms. The van der Waals surface area contributed by atoms with Gasteiger partial charge in [0.1, 0.15) is 4.47 Å². The Bertz CT molecular complexity index is 610. The molecule has 2 rings (SSSR count). The zero-order chi connectivity index (χ0) is 13.8. The van der Waals surface area contributed by atoms with E-state index in [0.29, 0.717) is 16.6 Å². The standard InChI is InChI=1S/C12H10BrN3O3/c13-10-8-15(14-12(10)16(18)19)7-6-11(17)9-4-2-1-3-5-9/h1-5,8H,6-7H2. The first kappa shape index (κ1) is 13.4. The lowest BCUT2D eigenvalue weighted by atomic mass is 10.1. The number of rotatable bonds is 5. The zero-order valence-electron chi connectivity index (χ0n) is 9.82. The molecule has 0 N–H and O–H groups in total. The van der Waals surface area contributed by atoms with Crippen LogP contribution in [0.2, 0.25) is 0 Å². The lowest BCUT2D eigenvalue weighted by Crippen LogP contribution is -2.06. The third kappa shape index (κ3) is 3.25. The minimum Gasteiger partial charge on any atom is -0.358 e. The molecular formula is C12H10BrN3O3. The molecule has 0 saturated carbocycles. The SMILES string of the molecule is O=C(CCn1cc(Br)c([N+](=O)[O-])n1)c1ccccc1. The smallest absolute Gasteiger partial charge is 0.358 e. The van der Waals surface area contributed by atoms with E-state index < -0.39 is 4.92 Å². The lowest BCUT2D eigenvalue weighted by molar-refractivity contribution is -0.390. The van der Waals surface area contributed by atoms with E-state index in [1.807, 2.05) is 6.07 Å². The predicted molar refractivity (Wildman–Crippen MR) is 72.0 cm³/mol. The number of benzene rings is 1. The summed E-state index contributed by atoms with van der Waals surface area (Å²) in [5.41, 5.74) is 0.628. The highest BCUT2D eigenvalue weighted by Gasteiger charge is 2.18. The van der Waals surface area contributed by atoms with Crippen molar-refractivity contribution < 1.29 is 9.72 Å². The Morgan fingerprint density at radius 3 is 2.63 bits per heavy atom. The quantitative estimate of drug-likeness (QED) is 0.481. The summed E-state index contributed by atoms with van der Waals surface area (Å²) in [6.45, 7) is 0.306. The van der Waals surface area contributed by atoms with Crippen LogP contribution in [0, 0.1) is 10.1 Å². The number of carbonyl (C=O) groups is 1. The Hall–Kier alpha value is -2.02. The molecule has 0 fully saturated rings. The van der Waals surface area contributed by atoms with Crippen LogP contribution in [0.15, 0.2) is 41.0 Å². The molecule has 0 unspecified atom stereocenters. The maximum absolute atomic E-state index is 11.9. The van der Waals surface area contributed by atoms with Crippen LogP contribution in [0.25, 0.3) is 0 Å². The first-order valence-corrected chi connectivity index (χ1v) is 6.33. The maximum Gasteiger partial charge on any atom is 0.404 e. The van der Waals surface area contributed by atoms with E-state index in [2.05, 4.69) is 21.0 Å². The van der Waals surface area contributed by atoms with Crippen molar-refractivity contribution in [1.29, 1.82) is 0 Å². The van der Waals surface area contributed by atoms with Gasteiger partial charge in [0.05, 0.1) is 17.8 Å². The van der Waals surface area contributed by atoms with Gasteiger partial charge in [0.15, 0.2) is 5.78 Å². The van der Waals surface area contributed by atoms with Gasteiger partial charge in [0.25, 0.3) is 0 Å². The lowest BCUT2D eigenvalue weighted by Gasteiger charge is -1.98. The fourth-order valence-corrected chi connectivity index (χ4v) is 2.07. The summed E-state index contributed by atoms with van der Waals surface area (Å²) in [5, 5.41) is 14.4. The highest BCUT2D eigenvalue weighted by molar-refractivity contribution is 9.10. The average Bonchev–Trinajstić information content (AvgIpc) is 2.78. The number of nitrogens with zero attached hydrogens (tertiary/aromatic N) is 3. The van der Waals surface area contributed by atoms with Crippen molar-refractivity contribution in [3.05, 3.63) is 56.7 Å². The molecule has 7 heteroatoms. The van der Waals surface area contributed by atoms with Crippen molar-refractivity contribution in [2.45, 2.75) is 13.0 Å². The topological polar surface area (TPSA) is 78.0 Å². The van der Waals surface area contributed by atoms with Gasteiger partial charge in [-0.15, -0.1) is 0 Å². The van der Waals surface area contributed by atoms with Crippen molar-refractivity contribution in [2.24, 2.45) is 0 Å². The number of hydrogen-bond acceptors (Lipinski definition) is 4. The molecule has 0 atom stereocenters.